The van der Waals surface area contributed by atoms with Gasteiger partial charge in [0.25, 0.3) is 0 Å². The third kappa shape index (κ3) is 2.11. The summed E-state index contributed by atoms with van der Waals surface area (Å²) in [5.41, 5.74) is 1.17. The fourth-order valence-corrected chi connectivity index (χ4v) is 1.82. The van der Waals surface area contributed by atoms with Crippen LogP contribution in [0.2, 0.25) is 0 Å². The Morgan fingerprint density at radius 2 is 1.78 bits per heavy atom. The zero-order valence-corrected chi connectivity index (χ0v) is 11.5. The Morgan fingerprint density at radius 3 is 2.22 bits per heavy atom. The van der Waals surface area contributed by atoms with Crippen molar-refractivity contribution >= 4 is 12.6 Å². The number of hydrogen-bond acceptors (Lipinski definition) is 5. The van der Waals surface area contributed by atoms with Crippen molar-refractivity contribution in [3.8, 4) is 5.88 Å². The van der Waals surface area contributed by atoms with Crippen LogP contribution in [-0.2, 0) is 9.31 Å². The van der Waals surface area contributed by atoms with Crippen LogP contribution in [0.1, 0.15) is 33.3 Å². The number of hydrogen-bond donors (Lipinski definition) is 1. The molecule has 0 bridgehead atoms. The fraction of sp³-hybridized carbons (Fsp3) is 0.583. The van der Waals surface area contributed by atoms with Crippen LogP contribution < -0.4 is 16.2 Å². The number of nitrogens with two attached hydrogens (primary N) is 1. The quantitative estimate of drug-likeness (QED) is 0.625. The van der Waals surface area contributed by atoms with Crippen molar-refractivity contribution in [2.45, 2.75) is 45.8 Å². The Morgan fingerprint density at radius 1 is 1.22 bits per heavy atom. The molecule has 0 amide bonds. The number of aromatic nitrogens is 1. The normalized spacial score (nSPS) is 21.1. The second kappa shape index (κ2) is 4.22. The summed E-state index contributed by atoms with van der Waals surface area (Å²) in [6.07, 6.45) is 1.68. The van der Waals surface area contributed by atoms with E-state index in [1.165, 1.54) is 0 Å². The molecule has 1 aromatic heterocycles. The first kappa shape index (κ1) is 13.3. The van der Waals surface area contributed by atoms with Crippen LogP contribution in [0.3, 0.4) is 0 Å². The SMILES string of the molecule is Cc1cc(ON)ncc1B1OC(C)(C)C(C)(C)O1. The molecule has 1 aliphatic rings. The second-order valence-electron chi connectivity index (χ2n) is 5.59. The molecule has 0 radical (unpaired) electrons. The summed E-state index contributed by atoms with van der Waals surface area (Å²) in [6.45, 7) is 10.0. The van der Waals surface area contributed by atoms with Crippen LogP contribution in [0.25, 0.3) is 0 Å². The third-order valence-electron chi connectivity index (χ3n) is 3.75. The van der Waals surface area contributed by atoms with Crippen LogP contribution in [-0.4, -0.2) is 23.3 Å². The molecule has 0 aliphatic carbocycles. The van der Waals surface area contributed by atoms with Crippen molar-refractivity contribution in [3.63, 3.8) is 0 Å². The summed E-state index contributed by atoms with van der Waals surface area (Å²) in [5.74, 6) is 5.47. The molecule has 1 saturated heterocycles. The first-order chi connectivity index (χ1) is 8.27. The minimum absolute atomic E-state index is 0.354. The maximum atomic E-state index is 5.97. The zero-order chi connectivity index (χ0) is 13.6. The number of pyridine rings is 1. The van der Waals surface area contributed by atoms with Crippen LogP contribution >= 0.6 is 0 Å². The smallest absolute Gasteiger partial charge is 0.399 e. The van der Waals surface area contributed by atoms with E-state index in [9.17, 15) is 0 Å². The average molecular weight is 250 g/mol. The lowest BCUT2D eigenvalue weighted by Crippen LogP contribution is -2.41. The molecule has 1 fully saturated rings. The van der Waals surface area contributed by atoms with E-state index in [1.807, 2.05) is 34.6 Å². The van der Waals surface area contributed by atoms with Gasteiger partial charge in [-0.15, -0.1) is 0 Å². The van der Waals surface area contributed by atoms with E-state index in [4.69, 9.17) is 15.2 Å². The van der Waals surface area contributed by atoms with Crippen LogP contribution in [0.4, 0.5) is 0 Å². The van der Waals surface area contributed by atoms with Crippen LogP contribution in [0, 0.1) is 6.92 Å². The highest BCUT2D eigenvalue weighted by molar-refractivity contribution is 6.62. The van der Waals surface area contributed by atoms with Crippen molar-refractivity contribution in [1.82, 2.24) is 4.98 Å². The van der Waals surface area contributed by atoms with Crippen molar-refractivity contribution in [2.75, 3.05) is 0 Å². The molecule has 0 spiro atoms. The molecule has 1 aliphatic heterocycles. The molecule has 18 heavy (non-hydrogen) atoms. The van der Waals surface area contributed by atoms with E-state index in [0.717, 1.165) is 11.0 Å². The summed E-state index contributed by atoms with van der Waals surface area (Å²) >= 11 is 0. The molecule has 1 aromatic rings. The van der Waals surface area contributed by atoms with E-state index >= 15 is 0 Å². The summed E-state index contributed by atoms with van der Waals surface area (Å²) in [7, 11) is -0.408. The Labute approximate surface area is 108 Å². The van der Waals surface area contributed by atoms with Gasteiger partial charge in [0.2, 0.25) is 5.88 Å². The summed E-state index contributed by atoms with van der Waals surface area (Å²) in [6, 6.07) is 1.76. The van der Waals surface area contributed by atoms with E-state index in [2.05, 4.69) is 9.82 Å². The lowest BCUT2D eigenvalue weighted by atomic mass is 9.77. The van der Waals surface area contributed by atoms with Gasteiger partial charge in [-0.05, 0) is 40.2 Å². The first-order valence-electron chi connectivity index (χ1n) is 5.96. The van der Waals surface area contributed by atoms with E-state index < -0.39 is 7.12 Å². The topological polar surface area (TPSA) is 66.6 Å². The van der Waals surface area contributed by atoms with Gasteiger partial charge in [0.15, 0.2) is 0 Å². The van der Waals surface area contributed by atoms with E-state index in [-0.39, 0.29) is 11.2 Å². The Bertz CT molecular complexity index is 447. The van der Waals surface area contributed by atoms with Gasteiger partial charge in [-0.1, -0.05) is 0 Å². The number of rotatable bonds is 2. The van der Waals surface area contributed by atoms with Crippen molar-refractivity contribution in [2.24, 2.45) is 5.90 Å². The molecule has 2 rings (SSSR count). The maximum Gasteiger partial charge on any atom is 0.496 e. The number of aryl methyl sites for hydroxylation is 1. The van der Waals surface area contributed by atoms with Gasteiger partial charge in [-0.3, -0.25) is 0 Å². The summed E-state index contributed by atoms with van der Waals surface area (Å²) < 4.78 is 11.9. The average Bonchev–Trinajstić information content (AvgIpc) is 2.47. The lowest BCUT2D eigenvalue weighted by molar-refractivity contribution is 0.00578. The van der Waals surface area contributed by atoms with E-state index in [0.29, 0.717) is 5.88 Å². The third-order valence-corrected chi connectivity index (χ3v) is 3.75. The molecular formula is C12H19BN2O3. The molecule has 2 N–H and O–H groups in total. The minimum Gasteiger partial charge on any atom is -0.399 e. The monoisotopic (exact) mass is 250 g/mol. The minimum atomic E-state index is -0.408. The number of nitrogens with zero attached hydrogens (tertiary/aromatic N) is 1. The standard InChI is InChI=1S/C12H19BN2O3/c1-8-6-10(16-14)15-7-9(8)13-17-11(2,3)12(4,5)18-13/h6-7H,14H2,1-5H3. The molecule has 0 aromatic carbocycles. The van der Waals surface area contributed by atoms with Gasteiger partial charge >= 0.3 is 7.12 Å². The van der Waals surface area contributed by atoms with Crippen LogP contribution in [0.5, 0.6) is 5.88 Å². The van der Waals surface area contributed by atoms with Gasteiger partial charge in [0.1, 0.15) is 0 Å². The van der Waals surface area contributed by atoms with Gasteiger partial charge < -0.3 is 14.1 Å². The Kier molecular flexibility index (Phi) is 3.13. The molecular weight excluding hydrogens is 231 g/mol. The van der Waals surface area contributed by atoms with Gasteiger partial charge in [-0.2, -0.15) is 5.90 Å². The Hall–Kier alpha value is -1.11. The molecule has 98 valence electrons. The zero-order valence-electron chi connectivity index (χ0n) is 11.5. The molecule has 0 unspecified atom stereocenters. The highest BCUT2D eigenvalue weighted by atomic mass is 16.7. The molecule has 5 nitrogen and oxygen atoms in total. The van der Waals surface area contributed by atoms with Crippen molar-refractivity contribution < 1.29 is 14.1 Å². The summed E-state index contributed by atoms with van der Waals surface area (Å²) in [4.78, 5) is 8.69. The summed E-state index contributed by atoms with van der Waals surface area (Å²) in [5, 5.41) is 0. The highest BCUT2D eigenvalue weighted by Crippen LogP contribution is 2.36. The second-order valence-corrected chi connectivity index (χ2v) is 5.59. The fourth-order valence-electron chi connectivity index (χ4n) is 1.82. The predicted octanol–water partition coefficient (Wildman–Crippen LogP) is 0.942. The van der Waals surface area contributed by atoms with Gasteiger partial charge in [0, 0.05) is 17.7 Å². The van der Waals surface area contributed by atoms with Gasteiger partial charge in [-0.25, -0.2) is 4.98 Å². The van der Waals surface area contributed by atoms with Crippen molar-refractivity contribution in [3.05, 3.63) is 17.8 Å². The molecule has 0 atom stereocenters. The molecule has 0 saturated carbocycles. The van der Waals surface area contributed by atoms with Gasteiger partial charge in [0.05, 0.1) is 11.2 Å². The largest absolute Gasteiger partial charge is 0.496 e. The first-order valence-corrected chi connectivity index (χ1v) is 5.96. The molecule has 2 heterocycles. The molecule has 6 heteroatoms. The highest BCUT2D eigenvalue weighted by Gasteiger charge is 2.52. The van der Waals surface area contributed by atoms with Crippen LogP contribution in [0.15, 0.2) is 12.3 Å². The Balaban J connectivity index is 2.30. The maximum absolute atomic E-state index is 5.97. The predicted molar refractivity (Wildman–Crippen MR) is 69.5 cm³/mol. The van der Waals surface area contributed by atoms with Crippen molar-refractivity contribution in [1.29, 1.82) is 0 Å². The lowest BCUT2D eigenvalue weighted by Gasteiger charge is -2.32. The van der Waals surface area contributed by atoms with E-state index in [1.54, 1.807) is 12.3 Å².